The van der Waals surface area contributed by atoms with Crippen molar-refractivity contribution in [2.24, 2.45) is 5.92 Å². The molecule has 0 aromatic heterocycles. The van der Waals surface area contributed by atoms with Crippen LogP contribution in [0.25, 0.3) is 0 Å². The molecular formula is C19H21NO3. The molecule has 0 saturated carbocycles. The van der Waals surface area contributed by atoms with E-state index >= 15 is 0 Å². The summed E-state index contributed by atoms with van der Waals surface area (Å²) in [7, 11) is 1.64. The lowest BCUT2D eigenvalue weighted by atomic mass is 9.95. The number of methoxy groups -OCH3 is 1. The fraction of sp³-hybridized carbons (Fsp3) is 0.316. The number of ether oxygens (including phenoxy) is 2. The molecule has 1 aliphatic rings. The van der Waals surface area contributed by atoms with E-state index in [1.165, 1.54) is 5.56 Å². The molecule has 3 rings (SSSR count). The highest BCUT2D eigenvalue weighted by Crippen LogP contribution is 2.30. The Kier molecular flexibility index (Phi) is 4.51. The minimum absolute atomic E-state index is 0.0269. The second-order valence-electron chi connectivity index (χ2n) is 5.89. The van der Waals surface area contributed by atoms with Gasteiger partial charge in [0, 0.05) is 6.54 Å². The highest BCUT2D eigenvalue weighted by atomic mass is 16.5. The third-order valence-corrected chi connectivity index (χ3v) is 4.13. The minimum Gasteiger partial charge on any atom is -0.497 e. The van der Waals surface area contributed by atoms with E-state index in [4.69, 9.17) is 9.47 Å². The first kappa shape index (κ1) is 15.4. The van der Waals surface area contributed by atoms with Crippen LogP contribution in [0.2, 0.25) is 0 Å². The third-order valence-electron chi connectivity index (χ3n) is 4.13. The predicted molar refractivity (Wildman–Crippen MR) is 88.7 cm³/mol. The number of benzene rings is 2. The van der Waals surface area contributed by atoms with Crippen LogP contribution in [0, 0.1) is 12.8 Å². The van der Waals surface area contributed by atoms with Crippen LogP contribution in [-0.2, 0) is 17.8 Å². The smallest absolute Gasteiger partial charge is 0.227 e. The topological polar surface area (TPSA) is 47.6 Å². The Hall–Kier alpha value is -2.49. The van der Waals surface area contributed by atoms with E-state index < -0.39 is 0 Å². The Morgan fingerprint density at radius 3 is 2.78 bits per heavy atom. The maximum atomic E-state index is 12.4. The molecule has 4 heteroatoms. The van der Waals surface area contributed by atoms with Gasteiger partial charge in [-0.05, 0) is 42.7 Å². The number of carbonyl (C=O) groups is 1. The van der Waals surface area contributed by atoms with Crippen molar-refractivity contribution >= 4 is 5.91 Å². The van der Waals surface area contributed by atoms with Crippen LogP contribution >= 0.6 is 0 Å². The van der Waals surface area contributed by atoms with Crippen LogP contribution in [0.1, 0.15) is 16.7 Å². The summed E-state index contributed by atoms with van der Waals surface area (Å²) in [4.78, 5) is 12.4. The molecule has 1 amide bonds. The van der Waals surface area contributed by atoms with Crippen LogP contribution in [0.5, 0.6) is 11.5 Å². The van der Waals surface area contributed by atoms with Gasteiger partial charge in [0.25, 0.3) is 0 Å². The van der Waals surface area contributed by atoms with Crippen LogP contribution in [0.15, 0.2) is 42.5 Å². The van der Waals surface area contributed by atoms with Gasteiger partial charge in [-0.15, -0.1) is 0 Å². The highest BCUT2D eigenvalue weighted by Gasteiger charge is 2.26. The van der Waals surface area contributed by atoms with E-state index in [0.29, 0.717) is 19.6 Å². The van der Waals surface area contributed by atoms with Crippen LogP contribution in [0.3, 0.4) is 0 Å². The molecule has 0 saturated heterocycles. The number of aryl methyl sites for hydroxylation is 1. The Bertz CT molecular complexity index is 694. The number of amides is 1. The van der Waals surface area contributed by atoms with E-state index in [9.17, 15) is 4.79 Å². The molecule has 2 aromatic rings. The van der Waals surface area contributed by atoms with E-state index in [2.05, 4.69) is 5.32 Å². The molecule has 2 aromatic carbocycles. The van der Waals surface area contributed by atoms with Crippen LogP contribution < -0.4 is 14.8 Å². The standard InChI is InChI=1S/C19H21NO3/c1-13-3-5-14(6-4-13)11-20-19(21)16-9-15-10-17(22-2)7-8-18(15)23-12-16/h3-8,10,16H,9,11-12H2,1-2H3,(H,20,21). The molecule has 1 heterocycles. The number of hydrogen-bond acceptors (Lipinski definition) is 3. The van der Waals surface area contributed by atoms with Crippen LogP contribution in [-0.4, -0.2) is 19.6 Å². The molecule has 1 N–H and O–H groups in total. The number of rotatable bonds is 4. The van der Waals surface area contributed by atoms with Gasteiger partial charge in [0.1, 0.15) is 18.1 Å². The summed E-state index contributed by atoms with van der Waals surface area (Å²) >= 11 is 0. The van der Waals surface area contributed by atoms with E-state index in [1.807, 2.05) is 49.4 Å². The average Bonchev–Trinajstić information content (AvgIpc) is 2.60. The zero-order chi connectivity index (χ0) is 16.2. The Morgan fingerprint density at radius 2 is 2.04 bits per heavy atom. The first-order valence-electron chi connectivity index (χ1n) is 7.78. The molecule has 1 atom stereocenters. The summed E-state index contributed by atoms with van der Waals surface area (Å²) in [5.74, 6) is 1.49. The minimum atomic E-state index is -0.167. The summed E-state index contributed by atoms with van der Waals surface area (Å²) in [5.41, 5.74) is 3.33. The first-order valence-corrected chi connectivity index (χ1v) is 7.78. The zero-order valence-electron chi connectivity index (χ0n) is 13.5. The fourth-order valence-electron chi connectivity index (χ4n) is 2.71. The summed E-state index contributed by atoms with van der Waals surface area (Å²) in [6.07, 6.45) is 0.673. The van der Waals surface area contributed by atoms with Crippen molar-refractivity contribution < 1.29 is 14.3 Å². The van der Waals surface area contributed by atoms with Crippen molar-refractivity contribution in [3.05, 3.63) is 59.2 Å². The Morgan fingerprint density at radius 1 is 1.26 bits per heavy atom. The van der Waals surface area contributed by atoms with Crippen molar-refractivity contribution in [2.75, 3.05) is 13.7 Å². The maximum Gasteiger partial charge on any atom is 0.227 e. The van der Waals surface area contributed by atoms with Gasteiger partial charge in [-0.3, -0.25) is 4.79 Å². The second-order valence-corrected chi connectivity index (χ2v) is 5.89. The van der Waals surface area contributed by atoms with Gasteiger partial charge in [0.15, 0.2) is 0 Å². The van der Waals surface area contributed by atoms with Gasteiger partial charge in [-0.25, -0.2) is 0 Å². The van der Waals surface area contributed by atoms with Gasteiger partial charge >= 0.3 is 0 Å². The van der Waals surface area contributed by atoms with Crippen molar-refractivity contribution in [1.29, 1.82) is 0 Å². The largest absolute Gasteiger partial charge is 0.497 e. The maximum absolute atomic E-state index is 12.4. The van der Waals surface area contributed by atoms with E-state index in [1.54, 1.807) is 7.11 Å². The SMILES string of the molecule is COc1ccc2c(c1)CC(C(=O)NCc1ccc(C)cc1)CO2. The quantitative estimate of drug-likeness (QED) is 0.944. The average molecular weight is 311 g/mol. The summed E-state index contributed by atoms with van der Waals surface area (Å²) in [6, 6.07) is 13.9. The number of carbonyl (C=O) groups excluding carboxylic acids is 1. The molecule has 0 aliphatic carbocycles. The highest BCUT2D eigenvalue weighted by molar-refractivity contribution is 5.79. The molecule has 0 bridgehead atoms. The predicted octanol–water partition coefficient (Wildman–Crippen LogP) is 2.87. The molecule has 0 fully saturated rings. The lowest BCUT2D eigenvalue weighted by Crippen LogP contribution is -2.37. The van der Waals surface area contributed by atoms with Crippen LogP contribution in [0.4, 0.5) is 0 Å². The molecule has 120 valence electrons. The molecule has 0 radical (unpaired) electrons. The van der Waals surface area contributed by atoms with Gasteiger partial charge in [-0.1, -0.05) is 29.8 Å². The van der Waals surface area contributed by atoms with Crippen molar-refractivity contribution in [1.82, 2.24) is 5.32 Å². The molecule has 4 nitrogen and oxygen atoms in total. The first-order chi connectivity index (χ1) is 11.2. The molecule has 1 unspecified atom stereocenters. The Balaban J connectivity index is 1.61. The zero-order valence-corrected chi connectivity index (χ0v) is 13.5. The van der Waals surface area contributed by atoms with Gasteiger partial charge in [-0.2, -0.15) is 0 Å². The van der Waals surface area contributed by atoms with E-state index in [-0.39, 0.29) is 11.8 Å². The summed E-state index contributed by atoms with van der Waals surface area (Å²) in [5, 5.41) is 3.00. The normalized spacial score (nSPS) is 16.2. The lowest BCUT2D eigenvalue weighted by Gasteiger charge is -2.25. The summed E-state index contributed by atoms with van der Waals surface area (Å²) in [6.45, 7) is 3.01. The van der Waals surface area contributed by atoms with E-state index in [0.717, 1.165) is 22.6 Å². The monoisotopic (exact) mass is 311 g/mol. The number of nitrogens with one attached hydrogen (secondary N) is 1. The molecule has 1 aliphatic heterocycles. The Labute approximate surface area is 136 Å². The van der Waals surface area contributed by atoms with Gasteiger partial charge < -0.3 is 14.8 Å². The molecule has 0 spiro atoms. The molecule has 23 heavy (non-hydrogen) atoms. The van der Waals surface area contributed by atoms with Gasteiger partial charge in [0.05, 0.1) is 13.0 Å². The second kappa shape index (κ2) is 6.73. The van der Waals surface area contributed by atoms with Gasteiger partial charge in [0.2, 0.25) is 5.91 Å². The lowest BCUT2D eigenvalue weighted by molar-refractivity contribution is -0.126. The number of fused-ring (bicyclic) bond motifs is 1. The third kappa shape index (κ3) is 3.65. The van der Waals surface area contributed by atoms with Crippen molar-refractivity contribution in [2.45, 2.75) is 19.9 Å². The van der Waals surface area contributed by atoms with Crippen molar-refractivity contribution in [3.8, 4) is 11.5 Å². The van der Waals surface area contributed by atoms with Crippen molar-refractivity contribution in [3.63, 3.8) is 0 Å². The number of hydrogen-bond donors (Lipinski definition) is 1. The fourth-order valence-corrected chi connectivity index (χ4v) is 2.71. The molecular weight excluding hydrogens is 290 g/mol. The summed E-state index contributed by atoms with van der Waals surface area (Å²) < 4.78 is 10.9.